The Hall–Kier alpha value is -0.690. The zero-order valence-corrected chi connectivity index (χ0v) is 8.48. The van der Waals surface area contributed by atoms with Gasteiger partial charge in [0.1, 0.15) is 6.04 Å². The summed E-state index contributed by atoms with van der Waals surface area (Å²) in [7, 11) is 0. The summed E-state index contributed by atoms with van der Waals surface area (Å²) in [6.07, 6.45) is 0. The molecule has 0 aliphatic rings. The number of nitrogens with two attached hydrogens (primary N) is 1. The number of thioether (sulfide) groups is 1. The van der Waals surface area contributed by atoms with E-state index < -0.39 is 6.04 Å². The molecular formula is C9H9ClN2S. The summed E-state index contributed by atoms with van der Waals surface area (Å²) in [4.78, 5) is 1.08. The minimum Gasteiger partial charge on any atom is -0.315 e. The van der Waals surface area contributed by atoms with E-state index in [4.69, 9.17) is 22.6 Å². The van der Waals surface area contributed by atoms with Crippen molar-refractivity contribution in [3.8, 4) is 6.07 Å². The molecule has 4 heteroatoms. The van der Waals surface area contributed by atoms with E-state index in [9.17, 15) is 0 Å². The lowest BCUT2D eigenvalue weighted by molar-refractivity contribution is 0.953. The number of halogens is 1. The Morgan fingerprint density at radius 2 is 2.08 bits per heavy atom. The van der Waals surface area contributed by atoms with Crippen LogP contribution in [0.4, 0.5) is 0 Å². The number of rotatable bonds is 3. The molecule has 0 spiro atoms. The minimum absolute atomic E-state index is 0.402. The SMILES string of the molecule is N#CC(N)CSc1ccc(Cl)cc1. The van der Waals surface area contributed by atoms with Crippen molar-refractivity contribution in [2.24, 2.45) is 5.73 Å². The Balaban J connectivity index is 2.47. The predicted molar refractivity (Wildman–Crippen MR) is 55.8 cm³/mol. The van der Waals surface area contributed by atoms with Gasteiger partial charge in [0.15, 0.2) is 0 Å². The highest BCUT2D eigenvalue weighted by Gasteiger charge is 2.00. The first-order valence-electron chi connectivity index (χ1n) is 3.76. The Morgan fingerprint density at radius 3 is 2.62 bits per heavy atom. The van der Waals surface area contributed by atoms with Gasteiger partial charge >= 0.3 is 0 Å². The van der Waals surface area contributed by atoms with Crippen LogP contribution in [-0.4, -0.2) is 11.8 Å². The van der Waals surface area contributed by atoms with Crippen LogP contribution in [0.15, 0.2) is 29.2 Å². The summed E-state index contributed by atoms with van der Waals surface area (Å²) in [5.41, 5.74) is 5.44. The van der Waals surface area contributed by atoms with E-state index in [1.807, 2.05) is 30.3 Å². The Labute approximate surface area is 86.7 Å². The molecule has 2 N–H and O–H groups in total. The van der Waals surface area contributed by atoms with E-state index in [0.717, 1.165) is 4.90 Å². The standard InChI is InChI=1S/C9H9ClN2S/c10-7-1-3-9(4-2-7)13-6-8(12)5-11/h1-4,8H,6,12H2. The molecule has 13 heavy (non-hydrogen) atoms. The highest BCUT2D eigenvalue weighted by atomic mass is 35.5. The molecule has 0 aliphatic carbocycles. The van der Waals surface area contributed by atoms with E-state index in [1.54, 1.807) is 11.8 Å². The van der Waals surface area contributed by atoms with Crippen molar-refractivity contribution in [1.82, 2.24) is 0 Å². The van der Waals surface area contributed by atoms with Gasteiger partial charge in [-0.1, -0.05) is 11.6 Å². The summed E-state index contributed by atoms with van der Waals surface area (Å²) in [5, 5.41) is 9.16. The Kier molecular flexibility index (Phi) is 4.10. The molecule has 0 aromatic heterocycles. The fourth-order valence-corrected chi connectivity index (χ4v) is 1.66. The molecule has 1 aromatic carbocycles. The molecular weight excluding hydrogens is 204 g/mol. The third-order valence-electron chi connectivity index (χ3n) is 1.41. The quantitative estimate of drug-likeness (QED) is 0.783. The predicted octanol–water partition coefficient (Wildman–Crippen LogP) is 2.28. The lowest BCUT2D eigenvalue weighted by Crippen LogP contribution is -2.19. The zero-order valence-electron chi connectivity index (χ0n) is 6.90. The average molecular weight is 213 g/mol. The van der Waals surface area contributed by atoms with Crippen molar-refractivity contribution < 1.29 is 0 Å². The molecule has 1 unspecified atom stereocenters. The van der Waals surface area contributed by atoms with Crippen LogP contribution in [0.25, 0.3) is 0 Å². The maximum absolute atomic E-state index is 8.45. The van der Waals surface area contributed by atoms with Gasteiger partial charge in [0, 0.05) is 15.7 Å². The Bertz CT molecular complexity index is 304. The fourth-order valence-electron chi connectivity index (χ4n) is 0.754. The van der Waals surface area contributed by atoms with Crippen LogP contribution < -0.4 is 5.73 Å². The van der Waals surface area contributed by atoms with Gasteiger partial charge in [-0.3, -0.25) is 0 Å². The van der Waals surface area contributed by atoms with Crippen molar-refractivity contribution in [1.29, 1.82) is 5.26 Å². The van der Waals surface area contributed by atoms with Gasteiger partial charge in [-0.05, 0) is 24.3 Å². The highest BCUT2D eigenvalue weighted by Crippen LogP contribution is 2.20. The molecule has 1 atom stereocenters. The summed E-state index contributed by atoms with van der Waals surface area (Å²) >= 11 is 7.27. The molecule has 1 rings (SSSR count). The first kappa shape index (κ1) is 10.4. The first-order valence-corrected chi connectivity index (χ1v) is 5.12. The molecule has 2 nitrogen and oxygen atoms in total. The lowest BCUT2D eigenvalue weighted by Gasteiger charge is -2.02. The summed E-state index contributed by atoms with van der Waals surface area (Å²) < 4.78 is 0. The number of nitriles is 1. The van der Waals surface area contributed by atoms with Gasteiger partial charge in [-0.25, -0.2) is 0 Å². The van der Waals surface area contributed by atoms with Crippen molar-refractivity contribution in [2.75, 3.05) is 5.75 Å². The normalized spacial score (nSPS) is 12.1. The highest BCUT2D eigenvalue weighted by molar-refractivity contribution is 7.99. The summed E-state index contributed by atoms with van der Waals surface area (Å²) in [6, 6.07) is 9.05. The zero-order chi connectivity index (χ0) is 9.68. The number of hydrogen-bond donors (Lipinski definition) is 1. The number of hydrogen-bond acceptors (Lipinski definition) is 3. The third-order valence-corrected chi connectivity index (χ3v) is 2.79. The average Bonchev–Trinajstić information content (AvgIpc) is 2.16. The summed E-state index contributed by atoms with van der Waals surface area (Å²) in [6.45, 7) is 0. The minimum atomic E-state index is -0.402. The van der Waals surface area contributed by atoms with Crippen LogP contribution in [0, 0.1) is 11.3 Å². The van der Waals surface area contributed by atoms with Crippen LogP contribution in [0.5, 0.6) is 0 Å². The third kappa shape index (κ3) is 3.69. The maximum Gasteiger partial charge on any atom is 0.102 e. The maximum atomic E-state index is 8.45. The van der Waals surface area contributed by atoms with Crippen molar-refractivity contribution in [3.63, 3.8) is 0 Å². The van der Waals surface area contributed by atoms with Gasteiger partial charge in [0.25, 0.3) is 0 Å². The first-order chi connectivity index (χ1) is 6.22. The molecule has 0 bridgehead atoms. The van der Waals surface area contributed by atoms with E-state index in [1.165, 1.54) is 0 Å². The van der Waals surface area contributed by atoms with Gasteiger partial charge in [0.2, 0.25) is 0 Å². The molecule has 0 heterocycles. The number of nitrogens with zero attached hydrogens (tertiary/aromatic N) is 1. The molecule has 0 amide bonds. The molecule has 0 saturated carbocycles. The second-order valence-corrected chi connectivity index (χ2v) is 4.03. The molecule has 68 valence electrons. The van der Waals surface area contributed by atoms with Crippen LogP contribution in [0.3, 0.4) is 0 Å². The van der Waals surface area contributed by atoms with Crippen LogP contribution in [0.1, 0.15) is 0 Å². The second kappa shape index (κ2) is 5.13. The lowest BCUT2D eigenvalue weighted by atomic mass is 10.4. The van der Waals surface area contributed by atoms with E-state index in [-0.39, 0.29) is 0 Å². The van der Waals surface area contributed by atoms with Gasteiger partial charge in [-0.15, -0.1) is 11.8 Å². The second-order valence-electron chi connectivity index (χ2n) is 2.50. The summed E-state index contributed by atoms with van der Waals surface area (Å²) in [5.74, 6) is 0.609. The molecule has 1 aromatic rings. The largest absolute Gasteiger partial charge is 0.315 e. The van der Waals surface area contributed by atoms with Crippen molar-refractivity contribution >= 4 is 23.4 Å². The van der Waals surface area contributed by atoms with Crippen LogP contribution in [0.2, 0.25) is 5.02 Å². The van der Waals surface area contributed by atoms with Gasteiger partial charge in [-0.2, -0.15) is 5.26 Å². The molecule has 0 saturated heterocycles. The van der Waals surface area contributed by atoms with E-state index >= 15 is 0 Å². The molecule has 0 fully saturated rings. The number of benzene rings is 1. The molecule has 0 radical (unpaired) electrons. The van der Waals surface area contributed by atoms with Crippen molar-refractivity contribution in [3.05, 3.63) is 29.3 Å². The Morgan fingerprint density at radius 1 is 1.46 bits per heavy atom. The molecule has 0 aliphatic heterocycles. The van der Waals surface area contributed by atoms with E-state index in [0.29, 0.717) is 10.8 Å². The van der Waals surface area contributed by atoms with E-state index in [2.05, 4.69) is 0 Å². The smallest absolute Gasteiger partial charge is 0.102 e. The van der Waals surface area contributed by atoms with Gasteiger partial charge in [0.05, 0.1) is 6.07 Å². The van der Waals surface area contributed by atoms with Crippen LogP contribution in [-0.2, 0) is 0 Å². The van der Waals surface area contributed by atoms with Crippen molar-refractivity contribution in [2.45, 2.75) is 10.9 Å². The fraction of sp³-hybridized carbons (Fsp3) is 0.222. The van der Waals surface area contributed by atoms with Crippen LogP contribution >= 0.6 is 23.4 Å². The topological polar surface area (TPSA) is 49.8 Å². The monoisotopic (exact) mass is 212 g/mol. The van der Waals surface area contributed by atoms with Gasteiger partial charge < -0.3 is 5.73 Å².